The van der Waals surface area contributed by atoms with E-state index in [0.29, 0.717) is 16.5 Å². The zero-order valence-corrected chi connectivity index (χ0v) is 13.2. The van der Waals surface area contributed by atoms with E-state index in [2.05, 4.69) is 20.9 Å². The molecule has 0 bridgehead atoms. The van der Waals surface area contributed by atoms with Gasteiger partial charge >= 0.3 is 6.18 Å². The normalized spacial score (nSPS) is 11.8. The molecule has 0 N–H and O–H groups in total. The van der Waals surface area contributed by atoms with Gasteiger partial charge in [0.1, 0.15) is 0 Å². The van der Waals surface area contributed by atoms with Gasteiger partial charge in [0.15, 0.2) is 0 Å². The Morgan fingerprint density at radius 2 is 1.91 bits per heavy atom. The smallest absolute Gasteiger partial charge is 0.294 e. The Morgan fingerprint density at radius 3 is 2.65 bits per heavy atom. The van der Waals surface area contributed by atoms with Crippen LogP contribution in [-0.4, -0.2) is 9.55 Å². The molecule has 0 saturated carbocycles. The van der Waals surface area contributed by atoms with Crippen molar-refractivity contribution in [1.82, 2.24) is 9.55 Å². The Kier molecular flexibility index (Phi) is 3.97. The quantitative estimate of drug-likeness (QED) is 0.664. The van der Waals surface area contributed by atoms with E-state index in [-0.39, 0.29) is 12.1 Å². The number of alkyl halides is 3. The fraction of sp³-hybridized carbons (Fsp3) is 0.125. The minimum absolute atomic E-state index is 0.0260. The SMILES string of the molecule is O=c1c2cc(Br)ccc2ncn1Cc1cccc(C(F)(F)F)c1. The second kappa shape index (κ2) is 5.81. The van der Waals surface area contributed by atoms with Gasteiger partial charge in [-0.25, -0.2) is 4.98 Å². The summed E-state index contributed by atoms with van der Waals surface area (Å²) in [6, 6.07) is 10.0. The van der Waals surface area contributed by atoms with E-state index >= 15 is 0 Å². The number of benzene rings is 2. The third-order valence-electron chi connectivity index (χ3n) is 3.39. The van der Waals surface area contributed by atoms with Crippen LogP contribution in [0.25, 0.3) is 10.9 Å². The lowest BCUT2D eigenvalue weighted by atomic mass is 10.1. The number of hydrogen-bond donors (Lipinski definition) is 0. The molecular formula is C16H10BrF3N2O. The van der Waals surface area contributed by atoms with Crippen molar-refractivity contribution < 1.29 is 13.2 Å². The van der Waals surface area contributed by atoms with Crippen LogP contribution in [-0.2, 0) is 12.7 Å². The van der Waals surface area contributed by atoms with Crippen molar-refractivity contribution in [3.05, 3.63) is 74.7 Å². The van der Waals surface area contributed by atoms with Crippen molar-refractivity contribution >= 4 is 26.8 Å². The van der Waals surface area contributed by atoms with E-state index in [9.17, 15) is 18.0 Å². The highest BCUT2D eigenvalue weighted by Gasteiger charge is 2.30. The molecule has 0 fully saturated rings. The molecular weight excluding hydrogens is 373 g/mol. The topological polar surface area (TPSA) is 34.9 Å². The van der Waals surface area contributed by atoms with E-state index in [0.717, 1.165) is 16.6 Å². The Bertz CT molecular complexity index is 934. The molecule has 0 atom stereocenters. The van der Waals surface area contributed by atoms with E-state index in [4.69, 9.17) is 0 Å². The highest BCUT2D eigenvalue weighted by Crippen LogP contribution is 2.29. The molecule has 1 heterocycles. The average molecular weight is 383 g/mol. The van der Waals surface area contributed by atoms with Crippen LogP contribution >= 0.6 is 15.9 Å². The fourth-order valence-electron chi connectivity index (χ4n) is 2.29. The number of aromatic nitrogens is 2. The maximum Gasteiger partial charge on any atom is 0.416 e. The van der Waals surface area contributed by atoms with Crippen LogP contribution in [0.4, 0.5) is 13.2 Å². The molecule has 0 unspecified atom stereocenters. The first kappa shape index (κ1) is 15.7. The molecule has 118 valence electrons. The molecule has 0 spiro atoms. The van der Waals surface area contributed by atoms with Gasteiger partial charge in [0.2, 0.25) is 0 Å². The zero-order valence-electron chi connectivity index (χ0n) is 11.6. The van der Waals surface area contributed by atoms with Gasteiger partial charge in [-0.15, -0.1) is 0 Å². The number of fused-ring (bicyclic) bond motifs is 1. The van der Waals surface area contributed by atoms with E-state index in [1.807, 2.05) is 0 Å². The van der Waals surface area contributed by atoms with Crippen molar-refractivity contribution in [2.75, 3.05) is 0 Å². The molecule has 0 aliphatic carbocycles. The zero-order chi connectivity index (χ0) is 16.6. The molecule has 3 nitrogen and oxygen atoms in total. The number of rotatable bonds is 2. The van der Waals surface area contributed by atoms with Gasteiger partial charge in [0.25, 0.3) is 5.56 Å². The van der Waals surface area contributed by atoms with Crippen molar-refractivity contribution in [3.63, 3.8) is 0 Å². The van der Waals surface area contributed by atoms with Gasteiger partial charge < -0.3 is 0 Å². The Morgan fingerprint density at radius 1 is 1.13 bits per heavy atom. The first-order chi connectivity index (χ1) is 10.8. The van der Waals surface area contributed by atoms with Crippen LogP contribution in [0, 0.1) is 0 Å². The summed E-state index contributed by atoms with van der Waals surface area (Å²) in [6.45, 7) is 0.0260. The van der Waals surface area contributed by atoms with Crippen molar-refractivity contribution in [2.24, 2.45) is 0 Å². The summed E-state index contributed by atoms with van der Waals surface area (Å²) in [7, 11) is 0. The third-order valence-corrected chi connectivity index (χ3v) is 3.89. The summed E-state index contributed by atoms with van der Waals surface area (Å²) in [5.41, 5.74) is -0.107. The van der Waals surface area contributed by atoms with Gasteiger partial charge in [-0.05, 0) is 35.9 Å². The fourth-order valence-corrected chi connectivity index (χ4v) is 2.65. The second-order valence-corrected chi connectivity index (χ2v) is 5.95. The van der Waals surface area contributed by atoms with Gasteiger partial charge in [0.05, 0.1) is 29.3 Å². The Labute approximate surface area is 137 Å². The van der Waals surface area contributed by atoms with Crippen LogP contribution in [0.3, 0.4) is 0 Å². The van der Waals surface area contributed by atoms with Gasteiger partial charge in [-0.3, -0.25) is 9.36 Å². The van der Waals surface area contributed by atoms with Crippen molar-refractivity contribution in [1.29, 1.82) is 0 Å². The van der Waals surface area contributed by atoms with Crippen LogP contribution in [0.5, 0.6) is 0 Å². The van der Waals surface area contributed by atoms with Crippen LogP contribution in [0.1, 0.15) is 11.1 Å². The van der Waals surface area contributed by atoms with Crippen molar-refractivity contribution in [2.45, 2.75) is 12.7 Å². The molecule has 3 aromatic rings. The maximum atomic E-state index is 12.8. The summed E-state index contributed by atoms with van der Waals surface area (Å²) in [4.78, 5) is 16.6. The predicted molar refractivity (Wildman–Crippen MR) is 84.2 cm³/mol. The van der Waals surface area contributed by atoms with E-state index in [1.54, 1.807) is 24.3 Å². The lowest BCUT2D eigenvalue weighted by molar-refractivity contribution is -0.137. The van der Waals surface area contributed by atoms with Gasteiger partial charge in [-0.1, -0.05) is 28.1 Å². The van der Waals surface area contributed by atoms with Crippen LogP contribution in [0.15, 0.2) is 58.1 Å². The summed E-state index contributed by atoms with van der Waals surface area (Å²) in [5.74, 6) is 0. The van der Waals surface area contributed by atoms with Crippen molar-refractivity contribution in [3.8, 4) is 0 Å². The Hall–Kier alpha value is -2.15. The summed E-state index contributed by atoms with van der Waals surface area (Å²) >= 11 is 3.29. The average Bonchev–Trinajstić information content (AvgIpc) is 2.50. The molecule has 1 aromatic heterocycles. The minimum Gasteiger partial charge on any atom is -0.294 e. The molecule has 0 radical (unpaired) electrons. The van der Waals surface area contributed by atoms with Gasteiger partial charge in [0, 0.05) is 4.47 Å². The molecule has 23 heavy (non-hydrogen) atoms. The standard InChI is InChI=1S/C16H10BrF3N2O/c17-12-4-5-14-13(7-12)15(23)22(9-21-14)8-10-2-1-3-11(6-10)16(18,19)20/h1-7,9H,8H2. The Balaban J connectivity index is 2.02. The monoisotopic (exact) mass is 382 g/mol. The first-order valence-corrected chi connectivity index (χ1v) is 7.45. The lowest BCUT2D eigenvalue weighted by Crippen LogP contribution is -2.21. The molecule has 0 aliphatic heterocycles. The summed E-state index contributed by atoms with van der Waals surface area (Å²) in [5, 5.41) is 0.411. The lowest BCUT2D eigenvalue weighted by Gasteiger charge is -2.10. The first-order valence-electron chi connectivity index (χ1n) is 6.65. The van der Waals surface area contributed by atoms with E-state index in [1.165, 1.54) is 17.0 Å². The highest BCUT2D eigenvalue weighted by atomic mass is 79.9. The largest absolute Gasteiger partial charge is 0.416 e. The molecule has 0 saturated heterocycles. The predicted octanol–water partition coefficient (Wildman–Crippen LogP) is 4.23. The molecule has 3 rings (SSSR count). The molecule has 0 amide bonds. The molecule has 7 heteroatoms. The number of halogens is 4. The van der Waals surface area contributed by atoms with Crippen LogP contribution < -0.4 is 5.56 Å². The third kappa shape index (κ3) is 3.29. The molecule has 2 aromatic carbocycles. The molecule has 0 aliphatic rings. The van der Waals surface area contributed by atoms with Crippen LogP contribution in [0.2, 0.25) is 0 Å². The van der Waals surface area contributed by atoms with Gasteiger partial charge in [-0.2, -0.15) is 13.2 Å². The number of nitrogens with zero attached hydrogens (tertiary/aromatic N) is 2. The minimum atomic E-state index is -4.41. The van der Waals surface area contributed by atoms with E-state index < -0.39 is 11.7 Å². The summed E-state index contributed by atoms with van der Waals surface area (Å²) in [6.07, 6.45) is -3.06. The summed E-state index contributed by atoms with van der Waals surface area (Å²) < 4.78 is 40.3. The number of hydrogen-bond acceptors (Lipinski definition) is 2. The maximum absolute atomic E-state index is 12.8. The highest BCUT2D eigenvalue weighted by molar-refractivity contribution is 9.10. The second-order valence-electron chi connectivity index (χ2n) is 5.04.